The van der Waals surface area contributed by atoms with Gasteiger partial charge in [0, 0.05) is 12.8 Å². The number of methoxy groups -OCH3 is 1. The van der Waals surface area contributed by atoms with Crippen molar-refractivity contribution in [2.24, 2.45) is 5.73 Å². The molecule has 0 saturated heterocycles. The highest BCUT2D eigenvalue weighted by Gasteiger charge is 2.07. The summed E-state index contributed by atoms with van der Waals surface area (Å²) in [7, 11) is 1.63. The van der Waals surface area contributed by atoms with Crippen molar-refractivity contribution in [1.29, 1.82) is 0 Å². The van der Waals surface area contributed by atoms with E-state index in [0.717, 1.165) is 11.3 Å². The maximum absolute atomic E-state index is 11.1. The number of hydrogen-bond acceptors (Lipinski definition) is 5. The lowest BCUT2D eigenvalue weighted by Gasteiger charge is -2.10. The predicted octanol–water partition coefficient (Wildman–Crippen LogP) is 1.65. The lowest BCUT2D eigenvalue weighted by molar-refractivity contribution is 0.0996. The predicted molar refractivity (Wildman–Crippen MR) is 77.6 cm³/mol. The molecule has 1 aromatic carbocycles. The number of primary amides is 1. The Balaban J connectivity index is 2.27. The van der Waals surface area contributed by atoms with E-state index in [0.29, 0.717) is 18.1 Å². The molecule has 0 aliphatic heterocycles. The molecular formula is C14H16N4O2. The summed E-state index contributed by atoms with van der Waals surface area (Å²) in [6.45, 7) is 0.514. The van der Waals surface area contributed by atoms with E-state index < -0.39 is 5.91 Å². The molecule has 20 heavy (non-hydrogen) atoms. The number of nitrogens with zero attached hydrogens (tertiary/aromatic N) is 1. The van der Waals surface area contributed by atoms with E-state index in [1.165, 1.54) is 6.07 Å². The molecule has 1 heterocycles. The average Bonchev–Trinajstić information content (AvgIpc) is 2.42. The minimum atomic E-state index is -0.596. The van der Waals surface area contributed by atoms with E-state index in [2.05, 4.69) is 10.3 Å². The van der Waals surface area contributed by atoms with E-state index in [1.807, 2.05) is 24.3 Å². The number of amides is 1. The molecule has 0 radical (unpaired) electrons. The van der Waals surface area contributed by atoms with Crippen LogP contribution >= 0.6 is 0 Å². The van der Waals surface area contributed by atoms with Crippen LogP contribution in [0.1, 0.15) is 16.1 Å². The Labute approximate surface area is 116 Å². The normalized spacial score (nSPS) is 10.2. The number of anilines is 3. The highest BCUT2D eigenvalue weighted by atomic mass is 16.5. The second kappa shape index (κ2) is 6.03. The van der Waals surface area contributed by atoms with Crippen LogP contribution in [0.2, 0.25) is 0 Å². The van der Waals surface area contributed by atoms with Crippen molar-refractivity contribution in [3.8, 4) is 0 Å². The van der Waals surface area contributed by atoms with Gasteiger partial charge >= 0.3 is 0 Å². The highest BCUT2D eigenvalue weighted by molar-refractivity contribution is 5.92. The third-order valence-electron chi connectivity index (χ3n) is 2.68. The van der Waals surface area contributed by atoms with Gasteiger partial charge in [0.15, 0.2) is 5.82 Å². The first-order chi connectivity index (χ1) is 9.60. The topological polar surface area (TPSA) is 103 Å². The summed E-state index contributed by atoms with van der Waals surface area (Å²) in [4.78, 5) is 15.2. The Hall–Kier alpha value is -2.60. The summed E-state index contributed by atoms with van der Waals surface area (Å²) in [6.07, 6.45) is 0. The summed E-state index contributed by atoms with van der Waals surface area (Å²) < 4.78 is 5.08. The van der Waals surface area contributed by atoms with Crippen LogP contribution in [0.3, 0.4) is 0 Å². The highest BCUT2D eigenvalue weighted by Crippen LogP contribution is 2.22. The molecule has 2 aromatic rings. The van der Waals surface area contributed by atoms with Crippen LogP contribution < -0.4 is 16.8 Å². The standard InChI is InChI=1S/C14H16N4O2/c1-20-8-9-3-2-4-10(7-9)17-14-11(15)5-6-12(18-14)13(16)19/h2-7H,8,15H2,1H3,(H2,16,19)(H,17,18). The third kappa shape index (κ3) is 3.24. The van der Waals surface area contributed by atoms with Gasteiger partial charge in [0.2, 0.25) is 0 Å². The zero-order valence-corrected chi connectivity index (χ0v) is 11.1. The number of carbonyl (C=O) groups is 1. The number of nitrogens with two attached hydrogens (primary N) is 2. The second-order valence-electron chi connectivity index (χ2n) is 4.26. The molecule has 0 fully saturated rings. The Bertz CT molecular complexity index is 628. The van der Waals surface area contributed by atoms with Gasteiger partial charge in [0.05, 0.1) is 12.3 Å². The molecule has 0 unspecified atom stereocenters. The Kier molecular flexibility index (Phi) is 4.17. The van der Waals surface area contributed by atoms with Crippen molar-refractivity contribution < 1.29 is 9.53 Å². The maximum Gasteiger partial charge on any atom is 0.267 e. The maximum atomic E-state index is 11.1. The van der Waals surface area contributed by atoms with Gasteiger partial charge in [-0.25, -0.2) is 4.98 Å². The van der Waals surface area contributed by atoms with Gasteiger partial charge in [-0.2, -0.15) is 0 Å². The molecule has 1 aromatic heterocycles. The van der Waals surface area contributed by atoms with Crippen LogP contribution in [0.15, 0.2) is 36.4 Å². The van der Waals surface area contributed by atoms with Gasteiger partial charge in [-0.3, -0.25) is 4.79 Å². The zero-order valence-electron chi connectivity index (χ0n) is 11.1. The van der Waals surface area contributed by atoms with Crippen LogP contribution in [0.5, 0.6) is 0 Å². The van der Waals surface area contributed by atoms with Crippen LogP contribution in [-0.4, -0.2) is 18.0 Å². The van der Waals surface area contributed by atoms with Crippen LogP contribution in [-0.2, 0) is 11.3 Å². The molecular weight excluding hydrogens is 256 g/mol. The van der Waals surface area contributed by atoms with Crippen LogP contribution in [0.4, 0.5) is 17.2 Å². The summed E-state index contributed by atoms with van der Waals surface area (Å²) in [5.41, 5.74) is 13.5. The van der Waals surface area contributed by atoms with Crippen molar-refractivity contribution >= 4 is 23.1 Å². The number of nitrogens with one attached hydrogen (secondary N) is 1. The third-order valence-corrected chi connectivity index (χ3v) is 2.68. The molecule has 0 atom stereocenters. The quantitative estimate of drug-likeness (QED) is 0.768. The van der Waals surface area contributed by atoms with Crippen molar-refractivity contribution in [3.05, 3.63) is 47.7 Å². The molecule has 6 nitrogen and oxygen atoms in total. The summed E-state index contributed by atoms with van der Waals surface area (Å²) in [6, 6.07) is 10.7. The first-order valence-corrected chi connectivity index (χ1v) is 6.01. The second-order valence-corrected chi connectivity index (χ2v) is 4.26. The Morgan fingerprint density at radius 1 is 1.35 bits per heavy atom. The monoisotopic (exact) mass is 272 g/mol. The summed E-state index contributed by atoms with van der Waals surface area (Å²) in [5.74, 6) is -0.197. The minimum absolute atomic E-state index is 0.162. The SMILES string of the molecule is COCc1cccc(Nc2nc(C(N)=O)ccc2N)c1. The van der Waals surface area contributed by atoms with E-state index in [4.69, 9.17) is 16.2 Å². The van der Waals surface area contributed by atoms with Gasteiger partial charge in [-0.1, -0.05) is 12.1 Å². The van der Waals surface area contributed by atoms with Crippen molar-refractivity contribution in [2.75, 3.05) is 18.2 Å². The molecule has 1 amide bonds. The zero-order chi connectivity index (χ0) is 14.5. The fraction of sp³-hybridized carbons (Fsp3) is 0.143. The van der Waals surface area contributed by atoms with Gasteiger partial charge in [-0.05, 0) is 29.8 Å². The van der Waals surface area contributed by atoms with Crippen LogP contribution in [0.25, 0.3) is 0 Å². The molecule has 5 N–H and O–H groups in total. The van der Waals surface area contributed by atoms with Crippen molar-refractivity contribution in [2.45, 2.75) is 6.61 Å². The largest absolute Gasteiger partial charge is 0.396 e. The van der Waals surface area contributed by atoms with Gasteiger partial charge in [-0.15, -0.1) is 0 Å². The summed E-state index contributed by atoms with van der Waals surface area (Å²) >= 11 is 0. The van der Waals surface area contributed by atoms with Gasteiger partial charge < -0.3 is 21.5 Å². The average molecular weight is 272 g/mol. The number of benzene rings is 1. The molecule has 0 spiro atoms. The molecule has 6 heteroatoms. The number of hydrogen-bond donors (Lipinski definition) is 3. The van der Waals surface area contributed by atoms with Crippen molar-refractivity contribution in [1.82, 2.24) is 4.98 Å². The lowest BCUT2D eigenvalue weighted by Crippen LogP contribution is -2.14. The molecule has 0 aliphatic rings. The van der Waals surface area contributed by atoms with Gasteiger partial charge in [0.1, 0.15) is 5.69 Å². The molecule has 0 saturated carbocycles. The van der Waals surface area contributed by atoms with E-state index in [-0.39, 0.29) is 5.69 Å². The van der Waals surface area contributed by atoms with Gasteiger partial charge in [0.25, 0.3) is 5.91 Å². The Morgan fingerprint density at radius 3 is 2.85 bits per heavy atom. The van der Waals surface area contributed by atoms with Crippen molar-refractivity contribution in [3.63, 3.8) is 0 Å². The van der Waals surface area contributed by atoms with E-state index >= 15 is 0 Å². The van der Waals surface area contributed by atoms with Crippen LogP contribution in [0, 0.1) is 0 Å². The number of aromatic nitrogens is 1. The fourth-order valence-corrected chi connectivity index (χ4v) is 1.75. The van der Waals surface area contributed by atoms with E-state index in [1.54, 1.807) is 13.2 Å². The number of nitrogen functional groups attached to an aromatic ring is 1. The minimum Gasteiger partial charge on any atom is -0.396 e. The summed E-state index contributed by atoms with van der Waals surface area (Å²) in [5, 5.41) is 3.07. The first-order valence-electron chi connectivity index (χ1n) is 6.01. The fourth-order valence-electron chi connectivity index (χ4n) is 1.75. The molecule has 0 aliphatic carbocycles. The smallest absolute Gasteiger partial charge is 0.267 e. The molecule has 104 valence electrons. The number of ether oxygens (including phenoxy) is 1. The molecule has 2 rings (SSSR count). The molecule has 0 bridgehead atoms. The number of carbonyl (C=O) groups excluding carboxylic acids is 1. The lowest BCUT2D eigenvalue weighted by atomic mass is 10.2. The number of rotatable bonds is 5. The van der Waals surface area contributed by atoms with E-state index in [9.17, 15) is 4.79 Å². The number of pyridine rings is 1. The first kappa shape index (κ1) is 13.8. The Morgan fingerprint density at radius 2 is 2.15 bits per heavy atom.